The van der Waals surface area contributed by atoms with E-state index < -0.39 is 97.5 Å². The van der Waals surface area contributed by atoms with Gasteiger partial charge in [0.15, 0.2) is 12.2 Å². The van der Waals surface area contributed by atoms with Gasteiger partial charge in [0.05, 0.1) is 26.4 Å². The number of carbonyl (C=O) groups excluding carboxylic acids is 4. The molecule has 19 heteroatoms. The molecule has 0 fully saturated rings. The number of esters is 4. The van der Waals surface area contributed by atoms with Crippen LogP contribution in [0.25, 0.3) is 0 Å². The van der Waals surface area contributed by atoms with Crippen LogP contribution >= 0.6 is 15.6 Å². The lowest BCUT2D eigenvalue weighted by Gasteiger charge is -2.21. The molecule has 0 rings (SSSR count). The Bertz CT molecular complexity index is 1780. The van der Waals surface area contributed by atoms with Crippen molar-refractivity contribution in [3.63, 3.8) is 0 Å². The molecule has 4 unspecified atom stereocenters. The lowest BCUT2D eigenvalue weighted by atomic mass is 9.99. The zero-order valence-electron chi connectivity index (χ0n) is 58.8. The fourth-order valence-electron chi connectivity index (χ4n) is 10.6. The number of carbonyl (C=O) groups is 4. The second kappa shape index (κ2) is 60.7. The molecule has 0 aromatic heterocycles. The molecule has 0 heterocycles. The Morgan fingerprint density at radius 1 is 0.311 bits per heavy atom. The van der Waals surface area contributed by atoms with E-state index in [-0.39, 0.29) is 25.7 Å². The third kappa shape index (κ3) is 63.5. The number of hydrogen-bond donors (Lipinski definition) is 3. The first-order valence-electron chi connectivity index (χ1n) is 36.7. The van der Waals surface area contributed by atoms with Crippen molar-refractivity contribution < 1.29 is 80.2 Å². The molecule has 0 spiro atoms. The van der Waals surface area contributed by atoms with Crippen molar-refractivity contribution in [3.05, 3.63) is 0 Å². The zero-order valence-corrected chi connectivity index (χ0v) is 60.6. The van der Waals surface area contributed by atoms with Crippen LogP contribution in [0.4, 0.5) is 0 Å². The van der Waals surface area contributed by atoms with E-state index in [0.29, 0.717) is 31.6 Å². The van der Waals surface area contributed by atoms with Crippen LogP contribution in [-0.4, -0.2) is 96.7 Å². The van der Waals surface area contributed by atoms with Crippen molar-refractivity contribution in [2.75, 3.05) is 39.6 Å². The number of aliphatic hydroxyl groups is 1. The second-order valence-electron chi connectivity index (χ2n) is 27.3. The molecule has 534 valence electrons. The molecule has 0 bridgehead atoms. The largest absolute Gasteiger partial charge is 0.472 e. The van der Waals surface area contributed by atoms with Crippen LogP contribution in [-0.2, 0) is 65.4 Å². The van der Waals surface area contributed by atoms with Crippen LogP contribution in [0.1, 0.15) is 351 Å². The highest BCUT2D eigenvalue weighted by atomic mass is 31.2. The summed E-state index contributed by atoms with van der Waals surface area (Å²) in [5.41, 5.74) is 0. The average Bonchev–Trinajstić information content (AvgIpc) is 2.73. The van der Waals surface area contributed by atoms with Gasteiger partial charge in [-0.25, -0.2) is 9.13 Å². The van der Waals surface area contributed by atoms with Gasteiger partial charge in [-0.1, -0.05) is 299 Å². The van der Waals surface area contributed by atoms with Crippen LogP contribution in [0.5, 0.6) is 0 Å². The molecule has 0 radical (unpaired) electrons. The molecular formula is C71H138O17P2. The number of unbranched alkanes of at least 4 members (excludes halogenated alkanes) is 33. The summed E-state index contributed by atoms with van der Waals surface area (Å²) in [4.78, 5) is 72.5. The van der Waals surface area contributed by atoms with Gasteiger partial charge in [0.25, 0.3) is 0 Å². The summed E-state index contributed by atoms with van der Waals surface area (Å²) in [6, 6.07) is 0. The summed E-state index contributed by atoms with van der Waals surface area (Å²) < 4.78 is 68.3. The molecule has 0 saturated heterocycles. The molecule has 3 N–H and O–H groups in total. The van der Waals surface area contributed by atoms with E-state index in [9.17, 15) is 43.2 Å². The summed E-state index contributed by atoms with van der Waals surface area (Å²) >= 11 is 0. The first-order chi connectivity index (χ1) is 43.1. The minimum absolute atomic E-state index is 0.104. The summed E-state index contributed by atoms with van der Waals surface area (Å²) in [5.74, 6) is 0.857. The van der Waals surface area contributed by atoms with Gasteiger partial charge in [0.1, 0.15) is 19.3 Å². The number of hydrogen-bond acceptors (Lipinski definition) is 15. The highest BCUT2D eigenvalue weighted by molar-refractivity contribution is 7.47. The fourth-order valence-corrected chi connectivity index (χ4v) is 12.2. The van der Waals surface area contributed by atoms with Crippen LogP contribution in [0.3, 0.4) is 0 Å². The van der Waals surface area contributed by atoms with E-state index in [2.05, 4.69) is 55.4 Å². The lowest BCUT2D eigenvalue weighted by Crippen LogP contribution is -2.30. The number of ether oxygens (including phenoxy) is 4. The van der Waals surface area contributed by atoms with Crippen LogP contribution in [0.2, 0.25) is 0 Å². The summed E-state index contributed by atoms with van der Waals surface area (Å²) in [6.45, 7) is 14.1. The zero-order chi connectivity index (χ0) is 66.8. The van der Waals surface area contributed by atoms with Gasteiger partial charge in [-0.05, 0) is 49.4 Å². The molecule has 0 aliphatic heterocycles. The fraction of sp³-hybridized carbons (Fsp3) is 0.944. The maximum absolute atomic E-state index is 13.0. The van der Waals surface area contributed by atoms with E-state index in [4.69, 9.17) is 37.0 Å². The van der Waals surface area contributed by atoms with Gasteiger partial charge in [-0.15, -0.1) is 0 Å². The molecule has 6 atom stereocenters. The number of phosphoric acid groups is 2. The monoisotopic (exact) mass is 1320 g/mol. The van der Waals surface area contributed by atoms with Crippen LogP contribution in [0, 0.1) is 23.7 Å². The predicted octanol–water partition coefficient (Wildman–Crippen LogP) is 20.1. The van der Waals surface area contributed by atoms with Crippen molar-refractivity contribution in [1.29, 1.82) is 0 Å². The Hall–Kier alpha value is -1.94. The lowest BCUT2D eigenvalue weighted by molar-refractivity contribution is -0.161. The second-order valence-corrected chi connectivity index (χ2v) is 30.2. The molecular weight excluding hydrogens is 1190 g/mol. The number of rotatable bonds is 68. The molecule has 17 nitrogen and oxygen atoms in total. The van der Waals surface area contributed by atoms with E-state index in [1.165, 1.54) is 148 Å². The molecule has 0 aliphatic carbocycles. The van der Waals surface area contributed by atoms with Gasteiger partial charge in [-0.2, -0.15) is 0 Å². The molecule has 0 amide bonds. The SMILES string of the molecule is CCC(C)CCCCCCCCCCCCCCCCC(=O)O[C@H](COC(=O)CCCCCCCCC(C)C)COP(=O)(O)OCC(O)COP(=O)(O)OC[C@@H](COC(=O)CCCCCCCCCCC(C)C)OC(=O)CCCCCCCCCCCC(C)C. The summed E-state index contributed by atoms with van der Waals surface area (Å²) in [6.07, 6.45) is 43.2. The van der Waals surface area contributed by atoms with Gasteiger partial charge >= 0.3 is 39.5 Å². The van der Waals surface area contributed by atoms with Crippen molar-refractivity contribution in [2.45, 2.75) is 369 Å². The Kier molecular flexibility index (Phi) is 59.4. The first kappa shape index (κ1) is 88.1. The highest BCUT2D eigenvalue weighted by Crippen LogP contribution is 2.45. The molecule has 0 saturated carbocycles. The Morgan fingerprint density at radius 3 is 0.789 bits per heavy atom. The average molecular weight is 1330 g/mol. The number of aliphatic hydroxyl groups excluding tert-OH is 1. The quantitative estimate of drug-likeness (QED) is 0.0222. The van der Waals surface area contributed by atoms with Crippen LogP contribution in [0.15, 0.2) is 0 Å². The Morgan fingerprint density at radius 2 is 0.533 bits per heavy atom. The Labute approximate surface area is 549 Å². The van der Waals surface area contributed by atoms with Crippen molar-refractivity contribution in [2.24, 2.45) is 23.7 Å². The van der Waals surface area contributed by atoms with Crippen molar-refractivity contribution >= 4 is 39.5 Å². The van der Waals surface area contributed by atoms with E-state index in [0.717, 1.165) is 114 Å². The predicted molar refractivity (Wildman–Crippen MR) is 363 cm³/mol. The van der Waals surface area contributed by atoms with Gasteiger partial charge in [-0.3, -0.25) is 37.3 Å². The molecule has 0 aromatic carbocycles. The topological polar surface area (TPSA) is 237 Å². The number of phosphoric ester groups is 2. The van der Waals surface area contributed by atoms with Gasteiger partial charge in [0.2, 0.25) is 0 Å². The molecule has 90 heavy (non-hydrogen) atoms. The maximum atomic E-state index is 13.0. The third-order valence-corrected chi connectivity index (χ3v) is 18.6. The minimum atomic E-state index is -4.95. The molecule has 0 aliphatic rings. The Balaban J connectivity index is 5.21. The van der Waals surface area contributed by atoms with E-state index >= 15 is 0 Å². The van der Waals surface area contributed by atoms with Gasteiger partial charge < -0.3 is 33.8 Å². The smallest absolute Gasteiger partial charge is 0.462 e. The van der Waals surface area contributed by atoms with Crippen molar-refractivity contribution in [3.8, 4) is 0 Å². The van der Waals surface area contributed by atoms with E-state index in [1.807, 2.05) is 0 Å². The first-order valence-corrected chi connectivity index (χ1v) is 39.7. The van der Waals surface area contributed by atoms with Crippen molar-refractivity contribution in [1.82, 2.24) is 0 Å². The summed E-state index contributed by atoms with van der Waals surface area (Å²) in [7, 11) is -9.90. The highest BCUT2D eigenvalue weighted by Gasteiger charge is 2.30. The minimum Gasteiger partial charge on any atom is -0.462 e. The maximum Gasteiger partial charge on any atom is 0.472 e. The normalized spacial score (nSPS) is 14.6. The summed E-state index contributed by atoms with van der Waals surface area (Å²) in [5, 5.41) is 10.6. The molecule has 0 aromatic rings. The standard InChI is InChI=1S/C71H138O17P2/c1-9-64(8)50-42-34-25-18-14-12-10-11-13-15-19-27-37-45-53-70(75)88-67(58-82-69(74)52-44-36-30-29-33-41-49-63(6)7)60-86-90(79,80)84-56-65(72)55-83-89(77,78)85-59-66(57-81-68(73)51-43-35-26-22-21-24-32-40-48-62(4)5)87-71(76)54-46-38-28-20-16-17-23-31-39-47-61(2)3/h61-67,72H,9-60H2,1-8H3,(H,77,78)(H,79,80)/t64?,65?,66-,67-/m1/s1. The van der Waals surface area contributed by atoms with Crippen LogP contribution < -0.4 is 0 Å². The van der Waals surface area contributed by atoms with E-state index in [1.54, 1.807) is 0 Å². The van der Waals surface area contributed by atoms with Gasteiger partial charge in [0, 0.05) is 25.7 Å². The third-order valence-electron chi connectivity index (χ3n) is 16.7.